The molecule has 0 saturated heterocycles. The van der Waals surface area contributed by atoms with Crippen LogP contribution < -0.4 is 10.2 Å². The van der Waals surface area contributed by atoms with Crippen LogP contribution in [-0.2, 0) is 21.5 Å². The van der Waals surface area contributed by atoms with Gasteiger partial charge >= 0.3 is 0 Å². The highest BCUT2D eigenvalue weighted by Gasteiger charge is 2.40. The van der Waals surface area contributed by atoms with Gasteiger partial charge in [0.1, 0.15) is 12.4 Å². The van der Waals surface area contributed by atoms with E-state index in [1.165, 1.54) is 0 Å². The number of benzene rings is 2. The van der Waals surface area contributed by atoms with Crippen LogP contribution in [0, 0.1) is 13.8 Å². The minimum atomic E-state index is -0.340. The predicted molar refractivity (Wildman–Crippen MR) is 166 cm³/mol. The maximum Gasteiger partial charge on any atom is 0.240 e. The molecule has 9 heteroatoms. The van der Waals surface area contributed by atoms with Crippen LogP contribution >= 0.6 is 23.4 Å². The molecule has 2 aromatic carbocycles. The van der Waals surface area contributed by atoms with Gasteiger partial charge in [0.05, 0.1) is 22.4 Å². The van der Waals surface area contributed by atoms with Gasteiger partial charge in [-0.15, -0.1) is 11.8 Å². The minimum Gasteiger partial charge on any atom is -0.350 e. The monoisotopic (exact) mass is 587 g/mol. The highest BCUT2D eigenvalue weighted by atomic mass is 35.5. The van der Waals surface area contributed by atoms with Crippen LogP contribution in [0.15, 0.2) is 67.0 Å². The number of nitrogens with zero attached hydrogens (tertiary/aromatic N) is 4. The summed E-state index contributed by atoms with van der Waals surface area (Å²) in [6.07, 6.45) is 3.38. The summed E-state index contributed by atoms with van der Waals surface area (Å²) in [5, 5.41) is 8.60. The fraction of sp³-hybridized carbons (Fsp3) is 0.312. The molecule has 1 atom stereocenters. The third-order valence-electron chi connectivity index (χ3n) is 7.30. The molecule has 1 aliphatic heterocycles. The molecule has 1 N–H and O–H groups in total. The molecule has 3 heterocycles. The number of pyridine rings is 1. The summed E-state index contributed by atoms with van der Waals surface area (Å²) in [6.45, 7) is 10.7. The molecule has 0 fully saturated rings. The number of fused-ring (bicyclic) bond motifs is 1. The maximum atomic E-state index is 13.9. The largest absolute Gasteiger partial charge is 0.350 e. The number of aromatic nitrogens is 3. The van der Waals surface area contributed by atoms with E-state index in [0.717, 1.165) is 39.2 Å². The molecule has 0 saturated carbocycles. The van der Waals surface area contributed by atoms with E-state index in [2.05, 4.69) is 51.0 Å². The molecule has 41 heavy (non-hydrogen) atoms. The summed E-state index contributed by atoms with van der Waals surface area (Å²) in [5.41, 5.74) is 6.45. The van der Waals surface area contributed by atoms with Crippen LogP contribution in [0.25, 0.3) is 5.69 Å². The molecule has 5 rings (SSSR count). The molecule has 0 aliphatic carbocycles. The van der Waals surface area contributed by atoms with E-state index in [9.17, 15) is 9.59 Å². The zero-order valence-corrected chi connectivity index (χ0v) is 25.5. The van der Waals surface area contributed by atoms with Gasteiger partial charge in [-0.3, -0.25) is 19.5 Å². The number of carbonyl (C=O) groups is 2. The number of rotatable bonds is 6. The SMILES string of the molecule is Cc1cccc(-n2nc(C(C)(C)C)c3c2N(CC(=O)NCc2ccncc2)C(=O)CSC3c2cccc(Cl)c2)c1C. The van der Waals surface area contributed by atoms with Crippen molar-refractivity contribution in [1.82, 2.24) is 20.1 Å². The lowest BCUT2D eigenvalue weighted by molar-refractivity contribution is -0.123. The minimum absolute atomic E-state index is 0.125. The van der Waals surface area contributed by atoms with Gasteiger partial charge in [0.15, 0.2) is 0 Å². The standard InChI is InChI=1S/C32H34ClN5O2S/c1-20-8-6-11-25(21(20)2)38-31-28(30(36-38)32(3,4)5)29(23-9-7-10-24(33)16-23)41-19-27(40)37(31)18-26(39)35-17-22-12-14-34-15-13-22/h6-16,29H,17-19H2,1-5H3,(H,35,39). The van der Waals surface area contributed by atoms with Crippen LogP contribution in [0.2, 0.25) is 5.02 Å². The van der Waals surface area contributed by atoms with Gasteiger partial charge in [-0.2, -0.15) is 5.10 Å². The number of amides is 2. The molecule has 0 spiro atoms. The number of carbonyl (C=O) groups excluding carboxylic acids is 2. The van der Waals surface area contributed by atoms with Crippen LogP contribution in [-0.4, -0.2) is 38.9 Å². The van der Waals surface area contributed by atoms with Gasteiger partial charge < -0.3 is 5.32 Å². The van der Waals surface area contributed by atoms with Gasteiger partial charge in [0.2, 0.25) is 11.8 Å². The third-order valence-corrected chi connectivity index (χ3v) is 8.79. The van der Waals surface area contributed by atoms with Gasteiger partial charge in [-0.25, -0.2) is 4.68 Å². The number of nitrogens with one attached hydrogen (secondary N) is 1. The van der Waals surface area contributed by atoms with E-state index in [-0.39, 0.29) is 34.8 Å². The topological polar surface area (TPSA) is 80.1 Å². The first-order chi connectivity index (χ1) is 19.5. The predicted octanol–water partition coefficient (Wildman–Crippen LogP) is 6.32. The van der Waals surface area contributed by atoms with E-state index in [1.807, 2.05) is 53.2 Å². The first-order valence-electron chi connectivity index (χ1n) is 13.6. The lowest BCUT2D eigenvalue weighted by Gasteiger charge is -2.25. The van der Waals surface area contributed by atoms with Gasteiger partial charge in [0, 0.05) is 34.9 Å². The zero-order chi connectivity index (χ0) is 29.3. The Morgan fingerprint density at radius 3 is 2.54 bits per heavy atom. The van der Waals surface area contributed by atoms with Crippen molar-refractivity contribution in [2.24, 2.45) is 0 Å². The normalized spacial score (nSPS) is 15.4. The quantitative estimate of drug-likeness (QED) is 0.285. The molecule has 1 aliphatic rings. The highest BCUT2D eigenvalue weighted by Crippen LogP contribution is 2.48. The molecule has 212 valence electrons. The Kier molecular flexibility index (Phi) is 8.25. The van der Waals surface area contributed by atoms with Crippen molar-refractivity contribution >= 4 is 41.0 Å². The Hall–Kier alpha value is -3.62. The maximum absolute atomic E-state index is 13.9. The molecule has 0 bridgehead atoms. The second-order valence-electron chi connectivity index (χ2n) is 11.3. The molecule has 7 nitrogen and oxygen atoms in total. The fourth-order valence-electron chi connectivity index (χ4n) is 5.04. The van der Waals surface area contributed by atoms with Crippen molar-refractivity contribution in [3.63, 3.8) is 0 Å². The van der Waals surface area contributed by atoms with Gasteiger partial charge in [0.25, 0.3) is 0 Å². The molecule has 0 radical (unpaired) electrons. The van der Waals surface area contributed by atoms with Crippen molar-refractivity contribution in [3.05, 3.63) is 106 Å². The van der Waals surface area contributed by atoms with E-state index >= 15 is 0 Å². The first-order valence-corrected chi connectivity index (χ1v) is 15.0. The Morgan fingerprint density at radius 1 is 1.10 bits per heavy atom. The van der Waals surface area contributed by atoms with Crippen LogP contribution in [0.3, 0.4) is 0 Å². The number of aryl methyl sites for hydroxylation is 1. The van der Waals surface area contributed by atoms with Crippen LogP contribution in [0.5, 0.6) is 0 Å². The molecular formula is C32H34ClN5O2S. The Morgan fingerprint density at radius 2 is 1.83 bits per heavy atom. The third kappa shape index (κ3) is 6.04. The molecular weight excluding hydrogens is 554 g/mol. The lowest BCUT2D eigenvalue weighted by Crippen LogP contribution is -2.42. The van der Waals surface area contributed by atoms with E-state index in [1.54, 1.807) is 29.1 Å². The van der Waals surface area contributed by atoms with Crippen molar-refractivity contribution < 1.29 is 9.59 Å². The molecule has 2 aromatic heterocycles. The second kappa shape index (κ2) is 11.7. The van der Waals surface area contributed by atoms with Crippen molar-refractivity contribution in [2.45, 2.75) is 51.8 Å². The average molecular weight is 588 g/mol. The summed E-state index contributed by atoms with van der Waals surface area (Å²) >= 11 is 7.99. The lowest BCUT2D eigenvalue weighted by atomic mass is 9.87. The summed E-state index contributed by atoms with van der Waals surface area (Å²) in [5.74, 6) is 0.438. The second-order valence-corrected chi connectivity index (χ2v) is 12.9. The summed E-state index contributed by atoms with van der Waals surface area (Å²) in [4.78, 5) is 32.9. The number of halogens is 1. The Bertz CT molecular complexity index is 1600. The number of anilines is 1. The van der Waals surface area contributed by atoms with Crippen molar-refractivity contribution in [1.29, 1.82) is 0 Å². The van der Waals surface area contributed by atoms with Crippen LogP contribution in [0.4, 0.5) is 5.82 Å². The van der Waals surface area contributed by atoms with Gasteiger partial charge in [-0.05, 0) is 66.4 Å². The van der Waals surface area contributed by atoms with E-state index in [4.69, 9.17) is 16.7 Å². The van der Waals surface area contributed by atoms with E-state index in [0.29, 0.717) is 17.4 Å². The molecule has 2 amide bonds. The number of thioether (sulfide) groups is 1. The highest BCUT2D eigenvalue weighted by molar-refractivity contribution is 8.00. The van der Waals surface area contributed by atoms with Crippen LogP contribution in [0.1, 0.15) is 59.5 Å². The van der Waals surface area contributed by atoms with Gasteiger partial charge in [-0.1, -0.05) is 56.6 Å². The average Bonchev–Trinajstić information content (AvgIpc) is 3.27. The summed E-state index contributed by atoms with van der Waals surface area (Å²) in [6, 6.07) is 17.5. The molecule has 1 unspecified atom stereocenters. The van der Waals surface area contributed by atoms with Crippen molar-refractivity contribution in [3.8, 4) is 5.69 Å². The number of hydrogen-bond donors (Lipinski definition) is 1. The Labute approximate surface area is 250 Å². The number of hydrogen-bond acceptors (Lipinski definition) is 5. The van der Waals surface area contributed by atoms with E-state index < -0.39 is 0 Å². The smallest absolute Gasteiger partial charge is 0.240 e. The Balaban J connectivity index is 1.69. The zero-order valence-electron chi connectivity index (χ0n) is 23.9. The summed E-state index contributed by atoms with van der Waals surface area (Å²) < 4.78 is 1.87. The fourth-order valence-corrected chi connectivity index (χ4v) is 6.43. The molecule has 4 aromatic rings. The van der Waals surface area contributed by atoms with Crippen molar-refractivity contribution in [2.75, 3.05) is 17.2 Å². The summed E-state index contributed by atoms with van der Waals surface area (Å²) in [7, 11) is 0. The first kappa shape index (κ1) is 28.9.